The van der Waals surface area contributed by atoms with Gasteiger partial charge in [0.05, 0.1) is 5.52 Å². The molecule has 2 aromatic rings. The molecule has 176 valence electrons. The van der Waals surface area contributed by atoms with Crippen LogP contribution in [0.5, 0.6) is 0 Å². The Bertz CT molecular complexity index is 1060. The van der Waals surface area contributed by atoms with Gasteiger partial charge in [-0.2, -0.15) is 0 Å². The lowest BCUT2D eigenvalue weighted by Gasteiger charge is -2.46. The zero-order valence-corrected chi connectivity index (χ0v) is 20.5. The summed E-state index contributed by atoms with van der Waals surface area (Å²) < 4.78 is 9.07. The first-order valence-electron chi connectivity index (χ1n) is 11.6. The van der Waals surface area contributed by atoms with Gasteiger partial charge in [-0.15, -0.1) is 0 Å². The molecule has 2 fully saturated rings. The van der Waals surface area contributed by atoms with Gasteiger partial charge < -0.3 is 14.5 Å². The summed E-state index contributed by atoms with van der Waals surface area (Å²) in [4.78, 5) is 34.5. The molecule has 2 aromatic heterocycles. The van der Waals surface area contributed by atoms with E-state index in [-0.39, 0.29) is 17.2 Å². The highest BCUT2D eigenvalue weighted by molar-refractivity contribution is 5.74. The first kappa shape index (κ1) is 22.7. The molecule has 1 amide bonds. The molecule has 0 aliphatic carbocycles. The Kier molecular flexibility index (Phi) is 5.54. The Morgan fingerprint density at radius 1 is 1.06 bits per heavy atom. The number of pyridine rings is 1. The van der Waals surface area contributed by atoms with Crippen LogP contribution < -0.4 is 10.6 Å². The van der Waals surface area contributed by atoms with E-state index in [9.17, 15) is 9.59 Å². The Morgan fingerprint density at radius 2 is 1.69 bits per heavy atom. The zero-order chi connectivity index (χ0) is 23.4. The molecular formula is C24H37N5O3. The molecule has 2 bridgehead atoms. The summed E-state index contributed by atoms with van der Waals surface area (Å²) in [6, 6.07) is 4.07. The van der Waals surface area contributed by atoms with Gasteiger partial charge in [0.15, 0.2) is 5.65 Å². The van der Waals surface area contributed by atoms with Gasteiger partial charge in [0.25, 0.3) is 0 Å². The third kappa shape index (κ3) is 4.64. The second-order valence-corrected chi connectivity index (χ2v) is 11.8. The van der Waals surface area contributed by atoms with Crippen molar-refractivity contribution in [3.05, 3.63) is 22.6 Å². The van der Waals surface area contributed by atoms with Gasteiger partial charge in [0, 0.05) is 39.8 Å². The van der Waals surface area contributed by atoms with Gasteiger partial charge in [-0.3, -0.25) is 9.13 Å². The third-order valence-electron chi connectivity index (χ3n) is 6.16. The monoisotopic (exact) mass is 443 g/mol. The van der Waals surface area contributed by atoms with Crippen LogP contribution in [-0.4, -0.2) is 56.9 Å². The van der Waals surface area contributed by atoms with Crippen molar-refractivity contribution >= 4 is 23.1 Å². The Labute approximate surface area is 190 Å². The molecule has 2 saturated heterocycles. The number of nitrogens with zero attached hydrogens (tertiary/aromatic N) is 5. The van der Waals surface area contributed by atoms with E-state index >= 15 is 0 Å². The number of ether oxygens (including phenoxy) is 1. The molecule has 0 saturated carbocycles. The average Bonchev–Trinajstić information content (AvgIpc) is 2.89. The number of aromatic nitrogens is 3. The Hall–Kier alpha value is -2.51. The number of aryl methyl sites for hydroxylation is 1. The minimum absolute atomic E-state index is 0.00110. The number of rotatable bonds is 2. The molecule has 0 aromatic carbocycles. The highest BCUT2D eigenvalue weighted by Gasteiger charge is 2.38. The van der Waals surface area contributed by atoms with Crippen molar-refractivity contribution in [2.45, 2.75) is 60.1 Å². The number of fused-ring (bicyclic) bond motifs is 3. The van der Waals surface area contributed by atoms with Gasteiger partial charge in [0.1, 0.15) is 11.4 Å². The van der Waals surface area contributed by atoms with Crippen LogP contribution in [0.3, 0.4) is 0 Å². The van der Waals surface area contributed by atoms with Crippen molar-refractivity contribution in [1.82, 2.24) is 19.0 Å². The number of carbonyl (C=O) groups is 1. The van der Waals surface area contributed by atoms with Crippen LogP contribution in [-0.2, 0) is 18.3 Å². The number of piperidine rings is 2. The lowest BCUT2D eigenvalue weighted by molar-refractivity contribution is 0.00759. The van der Waals surface area contributed by atoms with E-state index in [1.165, 1.54) is 0 Å². The molecule has 2 aliphatic rings. The smallest absolute Gasteiger partial charge is 0.410 e. The molecule has 2 aliphatic heterocycles. The molecule has 0 N–H and O–H groups in total. The standard InChI is InChI=1S/C24H37N5O3/c1-23(2,3)15-29-18-8-9-19(25-20(18)26(7)21(29)30)27-11-16-10-17(12-27)14-28(13-16)22(31)32-24(4,5)6/h8-9,16-17H,10-15H2,1-7H3. The second kappa shape index (κ2) is 7.81. The van der Waals surface area contributed by atoms with Gasteiger partial charge in [-0.05, 0) is 56.6 Å². The van der Waals surface area contributed by atoms with Crippen molar-refractivity contribution in [2.24, 2.45) is 24.3 Å². The van der Waals surface area contributed by atoms with Crippen LogP contribution in [0, 0.1) is 17.3 Å². The first-order chi connectivity index (χ1) is 14.8. The van der Waals surface area contributed by atoms with E-state index in [1.807, 2.05) is 42.4 Å². The van der Waals surface area contributed by atoms with Gasteiger partial charge in [0.2, 0.25) is 0 Å². The van der Waals surface area contributed by atoms with Crippen LogP contribution in [0.15, 0.2) is 16.9 Å². The maximum atomic E-state index is 12.8. The Balaban J connectivity index is 1.54. The highest BCUT2D eigenvalue weighted by Crippen LogP contribution is 2.32. The molecule has 0 spiro atoms. The third-order valence-corrected chi connectivity index (χ3v) is 6.16. The number of likely N-dealkylation sites (tertiary alicyclic amines) is 1. The summed E-state index contributed by atoms with van der Waals surface area (Å²) in [5.41, 5.74) is 1.10. The predicted octanol–water partition coefficient (Wildman–Crippen LogP) is 3.47. The van der Waals surface area contributed by atoms with Gasteiger partial charge in [-0.25, -0.2) is 14.6 Å². The number of anilines is 1. The zero-order valence-electron chi connectivity index (χ0n) is 20.5. The number of carbonyl (C=O) groups excluding carboxylic acids is 1. The minimum Gasteiger partial charge on any atom is -0.444 e. The maximum absolute atomic E-state index is 12.8. The van der Waals surface area contributed by atoms with E-state index in [2.05, 4.69) is 25.7 Å². The van der Waals surface area contributed by atoms with Crippen molar-refractivity contribution in [3.63, 3.8) is 0 Å². The van der Waals surface area contributed by atoms with Gasteiger partial charge in [-0.1, -0.05) is 20.8 Å². The van der Waals surface area contributed by atoms with Crippen molar-refractivity contribution in [2.75, 3.05) is 31.1 Å². The fraction of sp³-hybridized carbons (Fsp3) is 0.708. The van der Waals surface area contributed by atoms with E-state index in [0.29, 0.717) is 31.5 Å². The SMILES string of the molecule is Cn1c(=O)n(CC(C)(C)C)c2ccc(N3CC4CC(CN(C(=O)OC(C)(C)C)C4)C3)nc21. The Morgan fingerprint density at radius 3 is 2.25 bits per heavy atom. The molecule has 4 heterocycles. The molecule has 4 rings (SSSR count). The molecule has 2 unspecified atom stereocenters. The average molecular weight is 444 g/mol. The maximum Gasteiger partial charge on any atom is 0.410 e. The van der Waals surface area contributed by atoms with Crippen LogP contribution in [0.2, 0.25) is 0 Å². The molecule has 8 heteroatoms. The summed E-state index contributed by atoms with van der Waals surface area (Å²) in [6.45, 7) is 15.9. The minimum atomic E-state index is -0.478. The lowest BCUT2D eigenvalue weighted by Crippen LogP contribution is -2.55. The van der Waals surface area contributed by atoms with Crippen molar-refractivity contribution < 1.29 is 9.53 Å². The first-order valence-corrected chi connectivity index (χ1v) is 11.6. The van der Waals surface area contributed by atoms with E-state index in [4.69, 9.17) is 9.72 Å². The number of hydrogen-bond donors (Lipinski definition) is 0. The van der Waals surface area contributed by atoms with Gasteiger partial charge >= 0.3 is 11.8 Å². The fourth-order valence-electron chi connectivity index (χ4n) is 5.01. The summed E-state index contributed by atoms with van der Waals surface area (Å²) >= 11 is 0. The molecule has 8 nitrogen and oxygen atoms in total. The largest absolute Gasteiger partial charge is 0.444 e. The summed E-state index contributed by atoms with van der Waals surface area (Å²) in [6.07, 6.45) is 0.911. The number of amides is 1. The molecule has 32 heavy (non-hydrogen) atoms. The van der Waals surface area contributed by atoms with Crippen molar-refractivity contribution in [3.8, 4) is 0 Å². The van der Waals surface area contributed by atoms with E-state index in [0.717, 1.165) is 36.5 Å². The lowest BCUT2D eigenvalue weighted by atomic mass is 9.85. The van der Waals surface area contributed by atoms with Crippen LogP contribution in [0.25, 0.3) is 11.2 Å². The predicted molar refractivity (Wildman–Crippen MR) is 126 cm³/mol. The molecular weight excluding hydrogens is 406 g/mol. The highest BCUT2D eigenvalue weighted by atomic mass is 16.6. The summed E-state index contributed by atoms with van der Waals surface area (Å²) in [5, 5.41) is 0. The molecule has 2 atom stereocenters. The normalized spacial score (nSPS) is 21.8. The number of hydrogen-bond acceptors (Lipinski definition) is 5. The van der Waals surface area contributed by atoms with Crippen LogP contribution in [0.1, 0.15) is 48.0 Å². The van der Waals surface area contributed by atoms with E-state index in [1.54, 1.807) is 11.6 Å². The topological polar surface area (TPSA) is 72.6 Å². The quantitative estimate of drug-likeness (QED) is 0.711. The van der Waals surface area contributed by atoms with Crippen molar-refractivity contribution in [1.29, 1.82) is 0 Å². The molecule has 0 radical (unpaired) electrons. The summed E-state index contributed by atoms with van der Waals surface area (Å²) in [5.74, 6) is 1.69. The van der Waals surface area contributed by atoms with Crippen LogP contribution >= 0.6 is 0 Å². The van der Waals surface area contributed by atoms with Crippen LogP contribution in [0.4, 0.5) is 10.6 Å². The fourth-order valence-corrected chi connectivity index (χ4v) is 5.01. The summed E-state index contributed by atoms with van der Waals surface area (Å²) in [7, 11) is 1.80. The second-order valence-electron chi connectivity index (χ2n) is 11.8. The number of imidazole rings is 1. The van der Waals surface area contributed by atoms with E-state index < -0.39 is 5.60 Å².